The van der Waals surface area contributed by atoms with Crippen LogP contribution in [0.25, 0.3) is 0 Å². The number of alkyl halides is 1. The molecular formula is C21H31B14Cl6N6NaO4S. The molecule has 0 aliphatic heterocycles. The summed E-state index contributed by atoms with van der Waals surface area (Å²) in [6, 6.07) is 0. The molecule has 10 nitrogen and oxygen atoms in total. The molecule has 32 heteroatoms. The summed E-state index contributed by atoms with van der Waals surface area (Å²) in [6.45, 7) is 4.95. The minimum absolute atomic E-state index is 0. The molecule has 3 heterocycles. The summed E-state index contributed by atoms with van der Waals surface area (Å²) < 4.78 is 9.09. The van der Waals surface area contributed by atoms with E-state index in [9.17, 15) is 4.79 Å². The second kappa shape index (κ2) is 42.2. The number of aliphatic hydroxyl groups excluding tert-OH is 2. The van der Waals surface area contributed by atoms with Crippen LogP contribution in [0.15, 0.2) is 37.2 Å². The maximum Gasteiger partial charge on any atom is 1.00 e. The summed E-state index contributed by atoms with van der Waals surface area (Å²) >= 11 is 22.0. The molecule has 0 aliphatic carbocycles. The minimum atomic E-state index is -1.67. The van der Waals surface area contributed by atoms with Crippen LogP contribution in [-0.4, -0.2) is 159 Å². The Labute approximate surface area is 384 Å². The number of aromatic nitrogens is 6. The zero-order valence-corrected chi connectivity index (χ0v) is 35.6. The van der Waals surface area contributed by atoms with Gasteiger partial charge in [-0.3, -0.25) is 4.79 Å². The molecule has 0 amide bonds. The largest absolute Gasteiger partial charge is 1.00 e. The van der Waals surface area contributed by atoms with Crippen LogP contribution in [0.1, 0.15) is 70.0 Å². The van der Waals surface area contributed by atoms with Crippen LogP contribution < -0.4 is 29.6 Å². The maximum atomic E-state index is 10.6. The van der Waals surface area contributed by atoms with E-state index in [1.807, 2.05) is 6.92 Å². The Balaban J connectivity index is -0.0000000786. The van der Waals surface area contributed by atoms with Crippen molar-refractivity contribution in [2.24, 2.45) is 0 Å². The quantitative estimate of drug-likeness (QED) is 0.100. The standard InChI is InChI=1S/C6H6Cl2N2.C6H7ClN2O.C6H5ClN2O.CH4O.2CH4.B10.B4.Cl2OS.Na.H/c1-4(7)5-2-9-6(8)10-3-5;2*1-4(10)5-2-8-6(7)9-3-5;1-2;;;1-7(2)10(8(3)4)9(5)6;2*1-4(2)3;;/h2-4H,1H3;2-4,10H,1H3;2-3H,1H3;2H,1H3;2*1H4;;;;;/q;;;;;;;;;+1;-1. The summed E-state index contributed by atoms with van der Waals surface area (Å²) in [6.07, 6.45) is 5.40. The van der Waals surface area contributed by atoms with Gasteiger partial charge in [-0.2, -0.15) is 0 Å². The Kier molecular flexibility index (Phi) is 54.4. The first-order valence-corrected chi connectivity index (χ1v) is 17.6. The van der Waals surface area contributed by atoms with Crippen LogP contribution in [-0.2, 0) is 9.23 Å². The first kappa shape index (κ1) is 68.3. The predicted molar refractivity (Wildman–Crippen MR) is 239 cm³/mol. The molecule has 0 saturated carbocycles. The summed E-state index contributed by atoms with van der Waals surface area (Å²) in [7, 11) is 54.1. The van der Waals surface area contributed by atoms with Crippen LogP contribution in [0.5, 0.6) is 0 Å². The molecule has 3 aromatic heterocycles. The van der Waals surface area contributed by atoms with Gasteiger partial charge in [0.05, 0.1) is 17.0 Å². The number of Topliss-reactive ketones (excluding diaryl/α,β-unsaturated/α-hetero) is 1. The number of aliphatic hydroxyl groups is 2. The Morgan fingerprint density at radius 2 is 0.925 bits per heavy atom. The van der Waals surface area contributed by atoms with E-state index < -0.39 is 47.3 Å². The van der Waals surface area contributed by atoms with Crippen molar-refractivity contribution in [2.75, 3.05) is 7.11 Å². The average molecular weight is 851 g/mol. The number of hydrogen-bond acceptors (Lipinski definition) is 10. The topological polar surface area (TPSA) is 152 Å². The third kappa shape index (κ3) is 45.2. The molecular weight excluding hydrogens is 819 g/mol. The van der Waals surface area contributed by atoms with E-state index in [2.05, 4.69) is 74.5 Å². The van der Waals surface area contributed by atoms with Crippen molar-refractivity contribution in [1.82, 2.24) is 29.9 Å². The SMILES string of the molecule is C.C.CC(=O)c1cnc(Cl)nc1.CC(Cl)c1cnc(Cl)nc1.CC(O)c1cnc(Cl)nc1.CO.O=S(Cl)Cl.[B]B([B])B(B([B])[B])B([B])[B].[B]B([B])[B].[H-].[Na+]. The summed E-state index contributed by atoms with van der Waals surface area (Å²) in [5.41, 5.74) is 2.03. The van der Waals surface area contributed by atoms with Crippen LogP contribution in [0, 0.1) is 0 Å². The van der Waals surface area contributed by atoms with E-state index in [1.165, 1.54) is 31.7 Å². The first-order chi connectivity index (χ1) is 23.0. The van der Waals surface area contributed by atoms with Gasteiger partial charge in [0.2, 0.25) is 25.1 Å². The third-order valence-electron chi connectivity index (χ3n) is 4.58. The molecule has 2 unspecified atom stereocenters. The van der Waals surface area contributed by atoms with Crippen molar-refractivity contribution in [2.45, 2.75) is 47.1 Å². The van der Waals surface area contributed by atoms with Crippen LogP contribution in [0.4, 0.5) is 0 Å². The molecule has 2 N–H and O–H groups in total. The molecule has 53 heavy (non-hydrogen) atoms. The Morgan fingerprint density at radius 1 is 0.698 bits per heavy atom. The maximum absolute atomic E-state index is 10.6. The van der Waals surface area contributed by atoms with Gasteiger partial charge >= 0.3 is 29.6 Å². The summed E-state index contributed by atoms with van der Waals surface area (Å²) in [4.78, 5) is 32.8. The van der Waals surface area contributed by atoms with E-state index in [4.69, 9.17) is 107 Å². The van der Waals surface area contributed by atoms with Gasteiger partial charge in [-0.25, -0.2) is 34.1 Å². The second-order valence-electron chi connectivity index (χ2n) is 8.73. The van der Waals surface area contributed by atoms with Crippen molar-refractivity contribution in [1.29, 1.82) is 0 Å². The number of carbonyl (C=O) groups excluding carboxylic acids is 1. The van der Waals surface area contributed by atoms with Gasteiger partial charge in [0.25, 0.3) is 0 Å². The average Bonchev–Trinajstić information content (AvgIpc) is 2.99. The fraction of sp³-hybridized carbons (Fsp3) is 0.381. The number of nitrogens with zero attached hydrogens (tertiary/aromatic N) is 6. The zero-order valence-electron chi connectivity index (χ0n) is 29.3. The van der Waals surface area contributed by atoms with E-state index in [0.29, 0.717) is 11.1 Å². The fourth-order valence-electron chi connectivity index (χ4n) is 2.33. The molecule has 3 aromatic rings. The molecule has 260 valence electrons. The molecule has 0 aliphatic rings. The number of ketones is 1. The number of halogens is 6. The Hall–Kier alpha value is 0.629. The van der Waals surface area contributed by atoms with Crippen LogP contribution in [0.2, 0.25) is 15.9 Å². The summed E-state index contributed by atoms with van der Waals surface area (Å²) in [5.74, 6) is -0.0586. The van der Waals surface area contributed by atoms with Crippen LogP contribution in [0.3, 0.4) is 0 Å². The van der Waals surface area contributed by atoms with E-state index >= 15 is 0 Å². The van der Waals surface area contributed by atoms with Crippen molar-refractivity contribution < 1.29 is 50.2 Å². The van der Waals surface area contributed by atoms with Gasteiger partial charge < -0.3 is 11.6 Å². The van der Waals surface area contributed by atoms with Crippen LogP contribution >= 0.6 is 67.8 Å². The van der Waals surface area contributed by atoms with Gasteiger partial charge in [0, 0.05) is 178 Å². The van der Waals surface area contributed by atoms with E-state index in [-0.39, 0.29) is 72.8 Å². The molecule has 0 aromatic carbocycles. The molecule has 2 atom stereocenters. The van der Waals surface area contributed by atoms with Crippen molar-refractivity contribution in [3.05, 3.63) is 69.7 Å². The molecule has 0 saturated heterocycles. The third-order valence-corrected chi connectivity index (χ3v) is 5.42. The van der Waals surface area contributed by atoms with Gasteiger partial charge in [-0.1, -0.05) is 14.9 Å². The Morgan fingerprint density at radius 3 is 1.09 bits per heavy atom. The smallest absolute Gasteiger partial charge is 1.00 e. The van der Waals surface area contributed by atoms with Gasteiger partial charge in [-0.15, -0.1) is 11.6 Å². The van der Waals surface area contributed by atoms with Crippen molar-refractivity contribution >= 4 is 184 Å². The van der Waals surface area contributed by atoms with Gasteiger partial charge in [0.15, 0.2) is 5.78 Å². The molecule has 0 bridgehead atoms. The Bertz CT molecular complexity index is 1230. The minimum Gasteiger partial charge on any atom is -1.00 e. The van der Waals surface area contributed by atoms with Gasteiger partial charge in [0.1, 0.15) is 0 Å². The summed E-state index contributed by atoms with van der Waals surface area (Å²) in [5, 5.41) is 16.5. The van der Waals surface area contributed by atoms with E-state index in [0.717, 1.165) is 12.7 Å². The first-order valence-electron chi connectivity index (χ1n) is 13.3. The fourth-order valence-corrected chi connectivity index (χ4v) is 2.74. The van der Waals surface area contributed by atoms with Gasteiger partial charge in [-0.05, 0) is 55.6 Å². The molecule has 3 rings (SSSR count). The molecule has 18 radical (unpaired) electrons. The predicted octanol–water partition coefficient (Wildman–Crippen LogP) is -1.35. The van der Waals surface area contributed by atoms with Crippen molar-refractivity contribution in [3.8, 4) is 0 Å². The normalized spacial score (nSPS) is 9.53. The monoisotopic (exact) mass is 850 g/mol. The number of rotatable bonds is 6. The number of hydrogen-bond donors (Lipinski definition) is 2. The number of carbonyl (C=O) groups is 1. The van der Waals surface area contributed by atoms with E-state index in [1.54, 1.807) is 19.3 Å². The van der Waals surface area contributed by atoms with Crippen molar-refractivity contribution in [3.63, 3.8) is 0 Å². The second-order valence-corrected chi connectivity index (χ2v) is 12.9. The molecule has 0 fully saturated rings. The zero-order chi connectivity index (χ0) is 40.1. The molecule has 0 spiro atoms.